The van der Waals surface area contributed by atoms with Gasteiger partial charge in [0.1, 0.15) is 30.1 Å². The Morgan fingerprint density at radius 3 is 2.17 bits per heavy atom. The molecule has 0 radical (unpaired) electrons. The van der Waals surface area contributed by atoms with Gasteiger partial charge in [0.2, 0.25) is 11.8 Å². The van der Waals surface area contributed by atoms with Crippen molar-refractivity contribution in [3.05, 3.63) is 107 Å². The summed E-state index contributed by atoms with van der Waals surface area (Å²) in [6, 6.07) is 24.0. The van der Waals surface area contributed by atoms with Crippen LogP contribution >= 0.6 is 0 Å². The van der Waals surface area contributed by atoms with Crippen LogP contribution in [0.5, 0.6) is 0 Å². The Bertz CT molecular complexity index is 1520. The summed E-state index contributed by atoms with van der Waals surface area (Å²) in [5.74, 6) is -0.611. The average Bonchev–Trinajstić information content (AvgIpc) is 3.53. The average molecular weight is 628 g/mol. The molecule has 3 aromatic carbocycles. The van der Waals surface area contributed by atoms with E-state index in [1.54, 1.807) is 45.0 Å². The monoisotopic (exact) mass is 627 g/mol. The van der Waals surface area contributed by atoms with Crippen LogP contribution in [-0.2, 0) is 38.6 Å². The summed E-state index contributed by atoms with van der Waals surface area (Å²) in [5, 5.41) is 5.64. The fraction of sp³-hybridized carbons (Fsp3) is 0.343. The summed E-state index contributed by atoms with van der Waals surface area (Å²) in [7, 11) is 0. The lowest BCUT2D eigenvalue weighted by Crippen LogP contribution is -2.54. The van der Waals surface area contributed by atoms with Crippen molar-refractivity contribution in [1.29, 1.82) is 0 Å². The first-order valence-electron chi connectivity index (χ1n) is 15.2. The van der Waals surface area contributed by atoms with E-state index in [1.807, 2.05) is 60.7 Å². The molecule has 0 aliphatic carbocycles. The van der Waals surface area contributed by atoms with E-state index in [1.165, 1.54) is 4.90 Å². The largest absolute Gasteiger partial charge is 0.444 e. The van der Waals surface area contributed by atoms with Gasteiger partial charge in [-0.25, -0.2) is 9.59 Å². The van der Waals surface area contributed by atoms with Crippen LogP contribution in [-0.4, -0.2) is 59.0 Å². The molecule has 11 nitrogen and oxygen atoms in total. The molecule has 2 atom stereocenters. The predicted octanol–water partition coefficient (Wildman–Crippen LogP) is 4.47. The zero-order chi connectivity index (χ0) is 33.1. The number of nitrogens with zero attached hydrogens (tertiary/aromatic N) is 2. The Labute approximate surface area is 269 Å². The van der Waals surface area contributed by atoms with E-state index in [0.717, 1.165) is 16.7 Å². The van der Waals surface area contributed by atoms with Crippen LogP contribution in [0, 0.1) is 0 Å². The fourth-order valence-electron chi connectivity index (χ4n) is 5.02. The first-order chi connectivity index (χ1) is 22.0. The van der Waals surface area contributed by atoms with Crippen molar-refractivity contribution in [2.75, 3.05) is 6.54 Å². The topological polar surface area (TPSA) is 152 Å². The van der Waals surface area contributed by atoms with Gasteiger partial charge in [-0.3, -0.25) is 9.59 Å². The molecule has 242 valence electrons. The minimum atomic E-state index is -0.902. The maximum atomic E-state index is 13.8. The third-order valence-corrected chi connectivity index (χ3v) is 7.24. The second kappa shape index (κ2) is 15.7. The summed E-state index contributed by atoms with van der Waals surface area (Å²) in [6.45, 7) is 5.97. The number of benzene rings is 3. The van der Waals surface area contributed by atoms with Gasteiger partial charge < -0.3 is 30.7 Å². The number of amidine groups is 1. The molecule has 0 spiro atoms. The highest BCUT2D eigenvalue weighted by Gasteiger charge is 2.38. The number of ether oxygens (including phenoxy) is 2. The molecule has 1 aliphatic rings. The van der Waals surface area contributed by atoms with Gasteiger partial charge in [0, 0.05) is 25.1 Å². The molecule has 0 bridgehead atoms. The Morgan fingerprint density at radius 2 is 1.54 bits per heavy atom. The standard InChI is InChI=1S/C35H41N5O6/c1-35(2,3)46-34(44)38-28(21-24-11-6-4-7-12-24)32(42)40-20-10-15-29(40)31(41)37-22-25-16-18-27(19-17-25)30(36)39-33(43)45-23-26-13-8-5-9-14-26/h4-9,11-14,16-19,28-29H,10,15,20-23H2,1-3H3,(H,37,41)(H,38,44)(H2,36,39,43)/t28-,29+/m1/s1. The van der Waals surface area contributed by atoms with Crippen molar-refractivity contribution >= 4 is 29.8 Å². The van der Waals surface area contributed by atoms with E-state index in [9.17, 15) is 19.2 Å². The summed E-state index contributed by atoms with van der Waals surface area (Å²) in [6.07, 6.45) is -0.0577. The van der Waals surface area contributed by atoms with E-state index in [2.05, 4.69) is 15.6 Å². The van der Waals surface area contributed by atoms with E-state index >= 15 is 0 Å². The predicted molar refractivity (Wildman–Crippen MR) is 174 cm³/mol. The number of rotatable bonds is 10. The number of carbonyl (C=O) groups excluding carboxylic acids is 4. The first-order valence-corrected chi connectivity index (χ1v) is 15.2. The number of alkyl carbamates (subject to hydrolysis) is 1. The zero-order valence-electron chi connectivity index (χ0n) is 26.4. The summed E-state index contributed by atoms with van der Waals surface area (Å²) in [4.78, 5) is 57.1. The molecular formula is C35H41N5O6. The van der Waals surface area contributed by atoms with Crippen molar-refractivity contribution in [3.63, 3.8) is 0 Å². The third-order valence-electron chi connectivity index (χ3n) is 7.24. The zero-order valence-corrected chi connectivity index (χ0v) is 26.4. The van der Waals surface area contributed by atoms with Crippen LogP contribution in [0.4, 0.5) is 9.59 Å². The number of hydrogen-bond donors (Lipinski definition) is 3. The molecule has 4 rings (SSSR count). The molecular weight excluding hydrogens is 586 g/mol. The highest BCUT2D eigenvalue weighted by molar-refractivity contribution is 6.02. The van der Waals surface area contributed by atoms with Crippen molar-refractivity contribution in [3.8, 4) is 0 Å². The van der Waals surface area contributed by atoms with Gasteiger partial charge in [-0.1, -0.05) is 84.9 Å². The molecule has 3 aromatic rings. The molecule has 1 aliphatic heterocycles. The van der Waals surface area contributed by atoms with Crippen LogP contribution in [0.15, 0.2) is 89.9 Å². The quantitative estimate of drug-likeness (QED) is 0.222. The Morgan fingerprint density at radius 1 is 0.913 bits per heavy atom. The number of carbonyl (C=O) groups is 4. The van der Waals surface area contributed by atoms with Gasteiger partial charge in [-0.2, -0.15) is 4.99 Å². The molecule has 1 saturated heterocycles. The lowest BCUT2D eigenvalue weighted by atomic mass is 10.0. The number of nitrogens with two attached hydrogens (primary N) is 1. The van der Waals surface area contributed by atoms with Crippen LogP contribution in [0.2, 0.25) is 0 Å². The van der Waals surface area contributed by atoms with Gasteiger partial charge in [-0.05, 0) is 50.3 Å². The lowest BCUT2D eigenvalue weighted by Gasteiger charge is -2.29. The molecule has 46 heavy (non-hydrogen) atoms. The second-order valence-electron chi connectivity index (χ2n) is 12.0. The Hall–Kier alpha value is -5.19. The van der Waals surface area contributed by atoms with Gasteiger partial charge in [-0.15, -0.1) is 0 Å². The molecule has 11 heteroatoms. The molecule has 1 fully saturated rings. The Balaban J connectivity index is 1.34. The van der Waals surface area contributed by atoms with Gasteiger partial charge in [0.25, 0.3) is 0 Å². The van der Waals surface area contributed by atoms with Crippen molar-refractivity contribution in [2.24, 2.45) is 10.7 Å². The first kappa shape index (κ1) is 33.7. The summed E-state index contributed by atoms with van der Waals surface area (Å²) < 4.78 is 10.6. The highest BCUT2D eigenvalue weighted by Crippen LogP contribution is 2.20. The van der Waals surface area contributed by atoms with Crippen molar-refractivity contribution in [1.82, 2.24) is 15.5 Å². The molecule has 0 saturated carbocycles. The fourth-order valence-corrected chi connectivity index (χ4v) is 5.02. The smallest absolute Gasteiger partial charge is 0.435 e. The van der Waals surface area contributed by atoms with Crippen molar-refractivity contribution in [2.45, 2.75) is 70.9 Å². The normalized spacial score (nSPS) is 15.5. The van der Waals surface area contributed by atoms with Gasteiger partial charge in [0.15, 0.2) is 0 Å². The molecule has 1 heterocycles. The minimum Gasteiger partial charge on any atom is -0.444 e. The Kier molecular flexibility index (Phi) is 11.5. The van der Waals surface area contributed by atoms with Crippen LogP contribution in [0.25, 0.3) is 0 Å². The number of amides is 4. The maximum Gasteiger partial charge on any atom is 0.435 e. The van der Waals surface area contributed by atoms with Crippen LogP contribution in [0.3, 0.4) is 0 Å². The molecule has 4 amide bonds. The van der Waals surface area contributed by atoms with E-state index in [-0.39, 0.29) is 37.2 Å². The van der Waals surface area contributed by atoms with Crippen molar-refractivity contribution < 1.29 is 28.7 Å². The second-order valence-corrected chi connectivity index (χ2v) is 12.0. The highest BCUT2D eigenvalue weighted by atomic mass is 16.6. The minimum absolute atomic E-state index is 0.0128. The van der Waals surface area contributed by atoms with E-state index in [0.29, 0.717) is 24.9 Å². The van der Waals surface area contributed by atoms with Crippen LogP contribution in [0.1, 0.15) is 55.9 Å². The van der Waals surface area contributed by atoms with E-state index in [4.69, 9.17) is 15.2 Å². The van der Waals surface area contributed by atoms with Gasteiger partial charge >= 0.3 is 12.2 Å². The number of nitrogens with one attached hydrogen (secondary N) is 2. The SMILES string of the molecule is CC(C)(C)OC(=O)N[C@H](Cc1ccccc1)C(=O)N1CCC[C@H]1C(=O)NCc1ccc(/C(N)=N/C(=O)OCc2ccccc2)cc1. The number of aliphatic imine (C=N–C) groups is 1. The lowest BCUT2D eigenvalue weighted by molar-refractivity contribution is -0.140. The third kappa shape index (κ3) is 10.2. The molecule has 4 N–H and O–H groups in total. The molecule has 0 unspecified atom stereocenters. The number of likely N-dealkylation sites (tertiary alicyclic amines) is 1. The molecule has 0 aromatic heterocycles. The summed E-state index contributed by atoms with van der Waals surface area (Å²) in [5.41, 5.74) is 8.30. The van der Waals surface area contributed by atoms with Gasteiger partial charge in [0.05, 0.1) is 0 Å². The van der Waals surface area contributed by atoms with E-state index < -0.39 is 29.9 Å². The maximum absolute atomic E-state index is 13.8. The number of hydrogen-bond acceptors (Lipinski definition) is 6. The summed E-state index contributed by atoms with van der Waals surface area (Å²) >= 11 is 0. The van der Waals surface area contributed by atoms with Crippen LogP contribution < -0.4 is 16.4 Å².